The summed E-state index contributed by atoms with van der Waals surface area (Å²) in [5, 5.41) is 0. The van der Waals surface area contributed by atoms with Crippen molar-refractivity contribution in [2.24, 2.45) is 0 Å². The second-order valence-electron chi connectivity index (χ2n) is 8.19. The van der Waals surface area contributed by atoms with Crippen molar-refractivity contribution in [3.05, 3.63) is 0 Å². The highest BCUT2D eigenvalue weighted by molar-refractivity contribution is 7.88. The number of hydrogen-bond donors (Lipinski definition) is 0. The molecule has 1 aliphatic carbocycles. The Morgan fingerprint density at radius 2 is 1.76 bits per heavy atom. The van der Waals surface area contributed by atoms with Gasteiger partial charge in [0.2, 0.25) is 15.9 Å². The molecule has 0 radical (unpaired) electrons. The van der Waals surface area contributed by atoms with Crippen LogP contribution < -0.4 is 0 Å². The first-order valence-corrected chi connectivity index (χ1v) is 10.9. The van der Waals surface area contributed by atoms with E-state index in [1.54, 1.807) is 4.31 Å². The third-order valence-electron chi connectivity index (χ3n) is 6.39. The van der Waals surface area contributed by atoms with Crippen LogP contribution in [0.4, 0.5) is 8.78 Å². The summed E-state index contributed by atoms with van der Waals surface area (Å²) >= 11 is 0. The van der Waals surface area contributed by atoms with Gasteiger partial charge in [-0.2, -0.15) is 4.31 Å². The van der Waals surface area contributed by atoms with Crippen molar-refractivity contribution in [1.29, 1.82) is 0 Å². The lowest BCUT2D eigenvalue weighted by Crippen LogP contribution is -2.81. The van der Waals surface area contributed by atoms with E-state index in [1.165, 1.54) is 6.26 Å². The van der Waals surface area contributed by atoms with Gasteiger partial charge in [0.05, 0.1) is 25.0 Å². The fraction of sp³-hybridized carbons (Fsp3) is 1.00. The van der Waals surface area contributed by atoms with E-state index in [-0.39, 0.29) is 30.5 Å². The molecule has 144 valence electrons. The number of hydrogen-bond acceptors (Lipinski definition) is 5. The summed E-state index contributed by atoms with van der Waals surface area (Å²) in [6.45, 7) is 4.57. The van der Waals surface area contributed by atoms with Crippen LogP contribution in [0.2, 0.25) is 0 Å². The maximum atomic E-state index is 13.4. The molecule has 3 aliphatic heterocycles. The summed E-state index contributed by atoms with van der Waals surface area (Å²) in [5.41, 5.74) is -0.185. The number of ether oxygens (including phenoxy) is 1. The van der Waals surface area contributed by atoms with Gasteiger partial charge in [0.1, 0.15) is 0 Å². The molecule has 1 spiro atoms. The van der Waals surface area contributed by atoms with E-state index in [0.29, 0.717) is 39.1 Å². The van der Waals surface area contributed by atoms with Gasteiger partial charge >= 0.3 is 0 Å². The van der Waals surface area contributed by atoms with Crippen molar-refractivity contribution < 1.29 is 21.9 Å². The summed E-state index contributed by atoms with van der Waals surface area (Å²) in [4.78, 5) is 4.71. The van der Waals surface area contributed by atoms with Gasteiger partial charge in [0, 0.05) is 57.6 Å². The molecule has 9 heteroatoms. The number of fused-ring (bicyclic) bond motifs is 2. The van der Waals surface area contributed by atoms with Crippen LogP contribution in [0.5, 0.6) is 0 Å². The van der Waals surface area contributed by atoms with E-state index in [1.807, 2.05) is 0 Å². The largest absolute Gasteiger partial charge is 0.378 e. The first kappa shape index (κ1) is 18.0. The van der Waals surface area contributed by atoms with Gasteiger partial charge in [-0.15, -0.1) is 0 Å². The average Bonchev–Trinajstić information content (AvgIpc) is 2.51. The number of sulfonamides is 1. The minimum absolute atomic E-state index is 0.0309. The highest BCUT2D eigenvalue weighted by Gasteiger charge is 2.57. The molecule has 1 atom stereocenters. The maximum Gasteiger partial charge on any atom is 0.248 e. The third kappa shape index (κ3) is 3.34. The first-order valence-electron chi connectivity index (χ1n) is 9.10. The Balaban J connectivity index is 1.47. The number of likely N-dealkylation sites (tertiary alicyclic amines) is 1. The van der Waals surface area contributed by atoms with Crippen LogP contribution in [-0.4, -0.2) is 98.3 Å². The second-order valence-corrected chi connectivity index (χ2v) is 10.2. The fourth-order valence-electron chi connectivity index (χ4n) is 5.04. The number of morpholine rings is 1. The van der Waals surface area contributed by atoms with E-state index in [0.717, 1.165) is 19.6 Å². The Labute approximate surface area is 148 Å². The fourth-order valence-corrected chi connectivity index (χ4v) is 5.96. The molecular weight excluding hydrogens is 352 g/mol. The lowest BCUT2D eigenvalue weighted by molar-refractivity contribution is -0.168. The van der Waals surface area contributed by atoms with E-state index in [2.05, 4.69) is 9.80 Å². The predicted octanol–water partition coefficient (Wildman–Crippen LogP) is 0.595. The lowest BCUT2D eigenvalue weighted by Gasteiger charge is -2.64. The van der Waals surface area contributed by atoms with E-state index in [9.17, 15) is 17.2 Å². The normalized spacial score (nSPS) is 34.6. The van der Waals surface area contributed by atoms with E-state index >= 15 is 0 Å². The Morgan fingerprint density at radius 1 is 1.08 bits per heavy atom. The van der Waals surface area contributed by atoms with Crippen molar-refractivity contribution in [3.63, 3.8) is 0 Å². The van der Waals surface area contributed by atoms with Crippen molar-refractivity contribution >= 4 is 10.0 Å². The van der Waals surface area contributed by atoms with Crippen molar-refractivity contribution in [2.75, 3.05) is 52.2 Å². The molecule has 3 saturated heterocycles. The van der Waals surface area contributed by atoms with Gasteiger partial charge in [-0.1, -0.05) is 0 Å². The minimum atomic E-state index is -3.25. The Bertz CT molecular complexity index is 614. The quantitative estimate of drug-likeness (QED) is 0.703. The molecule has 0 aromatic rings. The molecule has 4 fully saturated rings. The summed E-state index contributed by atoms with van der Waals surface area (Å²) in [6.07, 6.45) is 2.27. The Morgan fingerprint density at radius 3 is 2.40 bits per heavy atom. The summed E-state index contributed by atoms with van der Waals surface area (Å²) in [7, 11) is -3.25. The Hall–Kier alpha value is -0.350. The van der Waals surface area contributed by atoms with Gasteiger partial charge in [0.25, 0.3) is 0 Å². The first-order chi connectivity index (χ1) is 11.7. The molecule has 4 aliphatic rings. The molecule has 0 bridgehead atoms. The molecule has 0 unspecified atom stereocenters. The monoisotopic (exact) mass is 379 g/mol. The molecular formula is C16H27F2N3O3S. The van der Waals surface area contributed by atoms with Gasteiger partial charge in [-0.05, 0) is 12.8 Å². The number of piperazine rings is 1. The zero-order valence-corrected chi connectivity index (χ0v) is 15.5. The van der Waals surface area contributed by atoms with Gasteiger partial charge in [-0.3, -0.25) is 9.80 Å². The number of nitrogens with zero attached hydrogens (tertiary/aromatic N) is 3. The molecule has 1 saturated carbocycles. The highest BCUT2D eigenvalue weighted by Crippen LogP contribution is 2.42. The lowest BCUT2D eigenvalue weighted by atomic mass is 9.80. The summed E-state index contributed by atoms with van der Waals surface area (Å²) < 4.78 is 58.2. The third-order valence-corrected chi connectivity index (χ3v) is 7.60. The minimum Gasteiger partial charge on any atom is -0.378 e. The summed E-state index contributed by atoms with van der Waals surface area (Å²) in [6, 6.07) is 0.299. The number of rotatable bonds is 2. The predicted molar refractivity (Wildman–Crippen MR) is 89.2 cm³/mol. The van der Waals surface area contributed by atoms with Gasteiger partial charge in [0.15, 0.2) is 0 Å². The molecule has 4 rings (SSSR count). The van der Waals surface area contributed by atoms with E-state index < -0.39 is 15.9 Å². The topological polar surface area (TPSA) is 53.1 Å². The highest BCUT2D eigenvalue weighted by atomic mass is 32.2. The van der Waals surface area contributed by atoms with Crippen LogP contribution >= 0.6 is 0 Å². The van der Waals surface area contributed by atoms with Crippen LogP contribution in [0.3, 0.4) is 0 Å². The zero-order valence-electron chi connectivity index (χ0n) is 14.7. The standard InChI is InChI=1S/C16H27F2N3O3S/c1-25(22,23)20-8-14-9-24-7-6-21(14)15(12-20)10-19(11-15)13-2-4-16(17,18)5-3-13/h13-14H,2-12H2,1H3/t14-/m1/s1. The number of halogens is 2. The molecule has 0 aromatic heterocycles. The SMILES string of the molecule is CS(=O)(=O)N1C[C@@H]2COCCN2C2(CN(C3CCC(F)(F)CC3)C2)C1. The smallest absolute Gasteiger partial charge is 0.248 e. The van der Waals surface area contributed by atoms with Crippen LogP contribution in [0.1, 0.15) is 25.7 Å². The Kier molecular flexibility index (Phi) is 4.39. The van der Waals surface area contributed by atoms with Crippen LogP contribution in [0.15, 0.2) is 0 Å². The average molecular weight is 379 g/mol. The zero-order chi connectivity index (χ0) is 17.9. The second kappa shape index (κ2) is 6.09. The van der Waals surface area contributed by atoms with Gasteiger partial charge in [-0.25, -0.2) is 17.2 Å². The van der Waals surface area contributed by atoms with E-state index in [4.69, 9.17) is 4.74 Å². The maximum absolute atomic E-state index is 13.4. The van der Waals surface area contributed by atoms with Crippen molar-refractivity contribution in [2.45, 2.75) is 49.2 Å². The molecule has 0 amide bonds. The summed E-state index contributed by atoms with van der Waals surface area (Å²) in [5.74, 6) is -2.51. The van der Waals surface area contributed by atoms with Crippen molar-refractivity contribution in [3.8, 4) is 0 Å². The van der Waals surface area contributed by atoms with Crippen molar-refractivity contribution in [1.82, 2.24) is 14.1 Å². The molecule has 25 heavy (non-hydrogen) atoms. The molecule has 0 aromatic carbocycles. The van der Waals surface area contributed by atoms with Crippen LogP contribution in [-0.2, 0) is 14.8 Å². The molecule has 3 heterocycles. The number of alkyl halides is 2. The molecule has 6 nitrogen and oxygen atoms in total. The van der Waals surface area contributed by atoms with Gasteiger partial charge < -0.3 is 4.74 Å². The van der Waals surface area contributed by atoms with Crippen LogP contribution in [0, 0.1) is 0 Å². The van der Waals surface area contributed by atoms with Crippen LogP contribution in [0.25, 0.3) is 0 Å². The molecule has 0 N–H and O–H groups in total.